The summed E-state index contributed by atoms with van der Waals surface area (Å²) < 4.78 is 5.67. The van der Waals surface area contributed by atoms with Crippen LogP contribution in [0.1, 0.15) is 30.9 Å². The Morgan fingerprint density at radius 2 is 1.44 bits per heavy atom. The van der Waals surface area contributed by atoms with Gasteiger partial charge in [-0.25, -0.2) is 9.97 Å². The SMILES string of the molecule is CC(OC(=O)C1CCN(c2ncccn2)CC1)C(=O)N(Cc1ccccc1)Cc1ccccc1. The Bertz CT molecular complexity index is 1010. The molecule has 1 amide bonds. The molecule has 1 fully saturated rings. The van der Waals surface area contributed by atoms with Crippen molar-refractivity contribution in [1.82, 2.24) is 14.9 Å². The normalized spacial score (nSPS) is 14.9. The molecule has 7 nitrogen and oxygen atoms in total. The van der Waals surface area contributed by atoms with E-state index in [-0.39, 0.29) is 17.8 Å². The van der Waals surface area contributed by atoms with Gasteiger partial charge in [-0.1, -0.05) is 60.7 Å². The first-order valence-electron chi connectivity index (χ1n) is 11.7. The van der Waals surface area contributed by atoms with Crippen molar-refractivity contribution in [2.45, 2.75) is 39.0 Å². The van der Waals surface area contributed by atoms with Gasteiger partial charge in [0.15, 0.2) is 6.10 Å². The molecule has 1 aliphatic rings. The van der Waals surface area contributed by atoms with E-state index in [1.807, 2.05) is 60.7 Å². The van der Waals surface area contributed by atoms with Crippen molar-refractivity contribution >= 4 is 17.8 Å². The molecule has 176 valence electrons. The van der Waals surface area contributed by atoms with Crippen LogP contribution in [0.5, 0.6) is 0 Å². The smallest absolute Gasteiger partial charge is 0.309 e. The van der Waals surface area contributed by atoms with E-state index >= 15 is 0 Å². The zero-order valence-corrected chi connectivity index (χ0v) is 19.4. The van der Waals surface area contributed by atoms with Crippen molar-refractivity contribution in [1.29, 1.82) is 0 Å². The average Bonchev–Trinajstić information content (AvgIpc) is 2.89. The first kappa shape index (κ1) is 23.4. The van der Waals surface area contributed by atoms with Crippen LogP contribution in [0.25, 0.3) is 0 Å². The maximum Gasteiger partial charge on any atom is 0.309 e. The Morgan fingerprint density at radius 3 is 1.97 bits per heavy atom. The molecule has 34 heavy (non-hydrogen) atoms. The number of benzene rings is 2. The van der Waals surface area contributed by atoms with Crippen molar-refractivity contribution in [3.63, 3.8) is 0 Å². The van der Waals surface area contributed by atoms with Crippen LogP contribution in [0.4, 0.5) is 5.95 Å². The molecule has 0 spiro atoms. The lowest BCUT2D eigenvalue weighted by Gasteiger charge is -2.32. The van der Waals surface area contributed by atoms with Crippen LogP contribution in [-0.2, 0) is 27.4 Å². The van der Waals surface area contributed by atoms with E-state index < -0.39 is 6.10 Å². The second-order valence-electron chi connectivity index (χ2n) is 8.55. The summed E-state index contributed by atoms with van der Waals surface area (Å²) in [5.74, 6) is -0.0627. The molecule has 2 aromatic carbocycles. The summed E-state index contributed by atoms with van der Waals surface area (Å²) in [5, 5.41) is 0. The third kappa shape index (κ3) is 6.19. The lowest BCUT2D eigenvalue weighted by atomic mass is 9.97. The molecule has 2 heterocycles. The first-order valence-corrected chi connectivity index (χ1v) is 11.7. The predicted octanol–water partition coefficient (Wildman–Crippen LogP) is 3.85. The summed E-state index contributed by atoms with van der Waals surface area (Å²) >= 11 is 0. The predicted molar refractivity (Wildman–Crippen MR) is 130 cm³/mol. The van der Waals surface area contributed by atoms with E-state index in [1.165, 1.54) is 0 Å². The van der Waals surface area contributed by atoms with Crippen molar-refractivity contribution in [2.75, 3.05) is 18.0 Å². The number of piperidine rings is 1. The first-order chi connectivity index (χ1) is 16.6. The molecule has 0 N–H and O–H groups in total. The van der Waals surface area contributed by atoms with E-state index in [0.29, 0.717) is 45.0 Å². The van der Waals surface area contributed by atoms with E-state index in [9.17, 15) is 9.59 Å². The third-order valence-electron chi connectivity index (χ3n) is 6.05. The summed E-state index contributed by atoms with van der Waals surface area (Å²) in [4.78, 5) is 38.6. The molecule has 3 aromatic rings. The number of carbonyl (C=O) groups excluding carboxylic acids is 2. The van der Waals surface area contributed by atoms with Gasteiger partial charge in [0, 0.05) is 38.6 Å². The molecule has 0 aliphatic carbocycles. The zero-order chi connectivity index (χ0) is 23.8. The van der Waals surface area contributed by atoms with Crippen LogP contribution >= 0.6 is 0 Å². The Kier molecular flexibility index (Phi) is 7.86. The number of rotatable bonds is 8. The molecule has 1 atom stereocenters. The van der Waals surface area contributed by atoms with Gasteiger partial charge < -0.3 is 14.5 Å². The fraction of sp³-hybridized carbons (Fsp3) is 0.333. The van der Waals surface area contributed by atoms with Crippen LogP contribution in [-0.4, -0.2) is 45.9 Å². The van der Waals surface area contributed by atoms with Crippen molar-refractivity contribution in [3.05, 3.63) is 90.3 Å². The molecular weight excluding hydrogens is 428 g/mol. The van der Waals surface area contributed by atoms with Gasteiger partial charge in [-0.2, -0.15) is 0 Å². The second-order valence-corrected chi connectivity index (χ2v) is 8.55. The minimum atomic E-state index is -0.851. The fourth-order valence-corrected chi connectivity index (χ4v) is 4.17. The average molecular weight is 459 g/mol. The summed E-state index contributed by atoms with van der Waals surface area (Å²) in [6.07, 6.45) is 3.88. The maximum atomic E-state index is 13.3. The van der Waals surface area contributed by atoms with E-state index in [2.05, 4.69) is 14.9 Å². The van der Waals surface area contributed by atoms with E-state index in [4.69, 9.17) is 4.74 Å². The number of hydrogen-bond donors (Lipinski definition) is 0. The Hall–Kier alpha value is -3.74. The zero-order valence-electron chi connectivity index (χ0n) is 19.4. The molecule has 1 aromatic heterocycles. The standard InChI is InChI=1S/C27H30N4O3/c1-21(34-26(33)24-13-17-30(18-14-24)27-28-15-8-16-29-27)25(32)31(19-22-9-4-2-5-10-22)20-23-11-6-3-7-12-23/h2-12,15-16,21,24H,13-14,17-20H2,1H3. The molecule has 0 radical (unpaired) electrons. The number of esters is 1. The maximum absolute atomic E-state index is 13.3. The number of ether oxygens (including phenoxy) is 1. The van der Waals surface area contributed by atoms with Crippen LogP contribution in [0.3, 0.4) is 0 Å². The molecule has 0 bridgehead atoms. The van der Waals surface area contributed by atoms with E-state index in [0.717, 1.165) is 11.1 Å². The lowest BCUT2D eigenvalue weighted by Crippen LogP contribution is -2.42. The Balaban J connectivity index is 1.36. The van der Waals surface area contributed by atoms with E-state index in [1.54, 1.807) is 30.3 Å². The number of carbonyl (C=O) groups is 2. The molecule has 0 saturated carbocycles. The number of nitrogens with zero attached hydrogens (tertiary/aromatic N) is 4. The molecule has 1 aliphatic heterocycles. The van der Waals surface area contributed by atoms with Gasteiger partial charge in [-0.05, 0) is 37.0 Å². The molecule has 1 unspecified atom stereocenters. The summed E-state index contributed by atoms with van der Waals surface area (Å²) in [7, 11) is 0. The fourth-order valence-electron chi connectivity index (χ4n) is 4.17. The van der Waals surface area contributed by atoms with Gasteiger partial charge in [-0.3, -0.25) is 9.59 Å². The Morgan fingerprint density at radius 1 is 0.912 bits per heavy atom. The van der Waals surface area contributed by atoms with Gasteiger partial charge in [0.05, 0.1) is 5.92 Å². The Labute approximate surface area is 200 Å². The van der Waals surface area contributed by atoms with Crippen molar-refractivity contribution in [2.24, 2.45) is 5.92 Å². The van der Waals surface area contributed by atoms with Gasteiger partial charge in [0.25, 0.3) is 5.91 Å². The number of hydrogen-bond acceptors (Lipinski definition) is 6. The molecule has 4 rings (SSSR count). The molecule has 7 heteroatoms. The van der Waals surface area contributed by atoms with Crippen LogP contribution in [0.2, 0.25) is 0 Å². The number of amides is 1. The highest BCUT2D eigenvalue weighted by Gasteiger charge is 2.31. The quantitative estimate of drug-likeness (QED) is 0.477. The van der Waals surface area contributed by atoms with Crippen LogP contribution in [0, 0.1) is 5.92 Å². The monoisotopic (exact) mass is 458 g/mol. The van der Waals surface area contributed by atoms with Crippen molar-refractivity contribution in [3.8, 4) is 0 Å². The minimum Gasteiger partial charge on any atom is -0.452 e. The highest BCUT2D eigenvalue weighted by molar-refractivity contribution is 5.84. The highest BCUT2D eigenvalue weighted by Crippen LogP contribution is 2.22. The third-order valence-corrected chi connectivity index (χ3v) is 6.05. The van der Waals surface area contributed by atoms with Gasteiger partial charge in [0.2, 0.25) is 5.95 Å². The minimum absolute atomic E-state index is 0.198. The lowest BCUT2D eigenvalue weighted by molar-refractivity contribution is -0.163. The summed E-state index contributed by atoms with van der Waals surface area (Å²) in [5.41, 5.74) is 2.06. The molecule has 1 saturated heterocycles. The van der Waals surface area contributed by atoms with Crippen LogP contribution < -0.4 is 4.90 Å². The van der Waals surface area contributed by atoms with Crippen molar-refractivity contribution < 1.29 is 14.3 Å². The summed E-state index contributed by atoms with van der Waals surface area (Å²) in [6.45, 7) is 3.93. The number of aromatic nitrogens is 2. The van der Waals surface area contributed by atoms with Gasteiger partial charge >= 0.3 is 5.97 Å². The topological polar surface area (TPSA) is 75.6 Å². The van der Waals surface area contributed by atoms with Crippen LogP contribution in [0.15, 0.2) is 79.1 Å². The summed E-state index contributed by atoms with van der Waals surface area (Å²) in [6, 6.07) is 21.5. The second kappa shape index (κ2) is 11.4. The largest absolute Gasteiger partial charge is 0.452 e. The van der Waals surface area contributed by atoms with Gasteiger partial charge in [-0.15, -0.1) is 0 Å². The molecular formula is C27H30N4O3. The number of anilines is 1. The van der Waals surface area contributed by atoms with Gasteiger partial charge in [0.1, 0.15) is 0 Å². The highest BCUT2D eigenvalue weighted by atomic mass is 16.5.